The van der Waals surface area contributed by atoms with E-state index in [9.17, 15) is 9.59 Å². The molecular weight excluding hydrogens is 338 g/mol. The predicted octanol–water partition coefficient (Wildman–Crippen LogP) is 1.40. The molecule has 0 radical (unpaired) electrons. The molecule has 0 unspecified atom stereocenters. The maximum absolute atomic E-state index is 12.3. The second kappa shape index (κ2) is 7.69. The molecule has 1 N–H and O–H groups in total. The number of likely N-dealkylation sites (N-methyl/N-ethyl adjacent to an activating group) is 1. The number of rotatable bonds is 7. The fraction of sp³-hybridized carbons (Fsp3) is 0.412. The van der Waals surface area contributed by atoms with Crippen LogP contribution in [0, 0.1) is 6.92 Å². The first-order chi connectivity index (χ1) is 12.0. The molecule has 1 aromatic heterocycles. The van der Waals surface area contributed by atoms with Crippen molar-refractivity contribution >= 4 is 23.6 Å². The van der Waals surface area contributed by atoms with Gasteiger partial charge in [0.05, 0.1) is 18.0 Å². The van der Waals surface area contributed by atoms with E-state index in [1.165, 1.54) is 16.7 Å². The fourth-order valence-electron chi connectivity index (χ4n) is 2.36. The molecule has 0 aliphatic heterocycles. The Morgan fingerprint density at radius 2 is 2.12 bits per heavy atom. The van der Waals surface area contributed by atoms with Gasteiger partial charge in [-0.1, -0.05) is 30.0 Å². The average molecular weight is 359 g/mol. The number of aryl methyl sites for hydroxylation is 1. The van der Waals surface area contributed by atoms with Gasteiger partial charge >= 0.3 is 0 Å². The maximum Gasteiger partial charge on any atom is 0.239 e. The summed E-state index contributed by atoms with van der Waals surface area (Å²) in [5, 5.41) is 11.6. The lowest BCUT2D eigenvalue weighted by Crippen LogP contribution is -2.39. The van der Waals surface area contributed by atoms with E-state index in [-0.39, 0.29) is 24.1 Å². The first-order valence-corrected chi connectivity index (χ1v) is 9.15. The molecule has 0 saturated heterocycles. The topological polar surface area (TPSA) is 80.1 Å². The molecule has 1 aliphatic rings. The number of nitrogens with one attached hydrogen (secondary N) is 1. The molecular formula is C17H21N5O2S. The molecule has 1 heterocycles. The normalized spacial score (nSPS) is 13.5. The summed E-state index contributed by atoms with van der Waals surface area (Å²) >= 11 is 1.31. The van der Waals surface area contributed by atoms with E-state index in [2.05, 4.69) is 15.5 Å². The Bertz CT molecular complexity index is 772. The summed E-state index contributed by atoms with van der Waals surface area (Å²) in [5.41, 5.74) is 2.09. The molecule has 3 rings (SSSR count). The third-order valence-corrected chi connectivity index (χ3v) is 4.89. The molecule has 7 nitrogen and oxygen atoms in total. The van der Waals surface area contributed by atoms with E-state index in [4.69, 9.17) is 0 Å². The molecule has 1 aliphatic carbocycles. The quantitative estimate of drug-likeness (QED) is 0.756. The Morgan fingerprint density at radius 1 is 1.36 bits per heavy atom. The van der Waals surface area contributed by atoms with Gasteiger partial charge in [-0.3, -0.25) is 14.2 Å². The van der Waals surface area contributed by atoms with Crippen molar-refractivity contribution < 1.29 is 9.59 Å². The molecule has 1 saturated carbocycles. The van der Waals surface area contributed by atoms with E-state index in [1.54, 1.807) is 13.4 Å². The summed E-state index contributed by atoms with van der Waals surface area (Å²) in [6.07, 6.45) is 3.71. The first kappa shape index (κ1) is 17.5. The number of para-hydroxylation sites is 1. The van der Waals surface area contributed by atoms with E-state index in [1.807, 2.05) is 35.8 Å². The summed E-state index contributed by atoms with van der Waals surface area (Å²) in [5.74, 6) is -0.0145. The summed E-state index contributed by atoms with van der Waals surface area (Å²) in [4.78, 5) is 25.5. The number of aromatic nitrogens is 3. The van der Waals surface area contributed by atoms with Gasteiger partial charge in [-0.2, -0.15) is 0 Å². The Labute approximate surface area is 150 Å². The number of hydrogen-bond donors (Lipinski definition) is 1. The van der Waals surface area contributed by atoms with E-state index in [0.29, 0.717) is 11.2 Å². The van der Waals surface area contributed by atoms with Crippen LogP contribution in [0.3, 0.4) is 0 Å². The standard InChI is InChI=1S/C17H21N5O2S/c1-12-5-3-4-6-14(12)22-11-18-20-17(22)25-10-16(24)21(2)9-15(23)19-13-7-8-13/h3-6,11,13H,7-10H2,1-2H3,(H,19,23). The van der Waals surface area contributed by atoms with Crippen LogP contribution >= 0.6 is 11.8 Å². The third kappa shape index (κ3) is 4.60. The zero-order valence-corrected chi connectivity index (χ0v) is 15.1. The predicted molar refractivity (Wildman–Crippen MR) is 95.6 cm³/mol. The zero-order valence-electron chi connectivity index (χ0n) is 14.3. The highest BCUT2D eigenvalue weighted by atomic mass is 32.2. The molecule has 2 aromatic rings. The Hall–Kier alpha value is -2.35. The number of nitrogens with zero attached hydrogens (tertiary/aromatic N) is 4. The second-order valence-corrected chi connectivity index (χ2v) is 7.09. The van der Waals surface area contributed by atoms with Crippen molar-refractivity contribution in [2.45, 2.75) is 31.0 Å². The first-order valence-electron chi connectivity index (χ1n) is 8.16. The van der Waals surface area contributed by atoms with Crippen LogP contribution in [0.4, 0.5) is 0 Å². The van der Waals surface area contributed by atoms with E-state index >= 15 is 0 Å². The summed E-state index contributed by atoms with van der Waals surface area (Å²) < 4.78 is 1.87. The fourth-order valence-corrected chi connectivity index (χ4v) is 3.23. The van der Waals surface area contributed by atoms with Crippen LogP contribution in [-0.2, 0) is 9.59 Å². The van der Waals surface area contributed by atoms with Gasteiger partial charge in [0.2, 0.25) is 11.8 Å². The molecule has 0 atom stereocenters. The number of amides is 2. The average Bonchev–Trinajstić information content (AvgIpc) is 3.27. The minimum atomic E-state index is -0.115. The minimum Gasteiger partial charge on any atom is -0.352 e. The zero-order chi connectivity index (χ0) is 17.8. The molecule has 0 spiro atoms. The van der Waals surface area contributed by atoms with Crippen molar-refractivity contribution in [2.24, 2.45) is 0 Å². The highest BCUT2D eigenvalue weighted by molar-refractivity contribution is 7.99. The van der Waals surface area contributed by atoms with Gasteiger partial charge in [-0.15, -0.1) is 10.2 Å². The van der Waals surface area contributed by atoms with Crippen LogP contribution in [-0.4, -0.2) is 56.9 Å². The largest absolute Gasteiger partial charge is 0.352 e. The van der Waals surface area contributed by atoms with Gasteiger partial charge in [-0.05, 0) is 31.4 Å². The molecule has 8 heteroatoms. The van der Waals surface area contributed by atoms with E-state index < -0.39 is 0 Å². The van der Waals surface area contributed by atoms with Crippen molar-refractivity contribution in [3.8, 4) is 5.69 Å². The van der Waals surface area contributed by atoms with Crippen LogP contribution < -0.4 is 5.32 Å². The highest BCUT2D eigenvalue weighted by Gasteiger charge is 2.24. The van der Waals surface area contributed by atoms with Gasteiger partial charge in [0.25, 0.3) is 0 Å². The van der Waals surface area contributed by atoms with Crippen molar-refractivity contribution in [1.29, 1.82) is 0 Å². The lowest BCUT2D eigenvalue weighted by atomic mass is 10.2. The van der Waals surface area contributed by atoms with Crippen LogP contribution in [0.1, 0.15) is 18.4 Å². The maximum atomic E-state index is 12.3. The Morgan fingerprint density at radius 3 is 2.84 bits per heavy atom. The monoisotopic (exact) mass is 359 g/mol. The Balaban J connectivity index is 1.56. The molecule has 0 bridgehead atoms. The van der Waals surface area contributed by atoms with Crippen LogP contribution in [0.25, 0.3) is 5.69 Å². The summed E-state index contributed by atoms with van der Waals surface area (Å²) in [6.45, 7) is 2.10. The van der Waals surface area contributed by atoms with Crippen molar-refractivity contribution in [1.82, 2.24) is 25.0 Å². The lowest BCUT2D eigenvalue weighted by molar-refractivity contribution is -0.132. The number of carbonyl (C=O) groups excluding carboxylic acids is 2. The second-order valence-electron chi connectivity index (χ2n) is 6.15. The van der Waals surface area contributed by atoms with Crippen molar-refractivity contribution in [3.05, 3.63) is 36.2 Å². The van der Waals surface area contributed by atoms with Crippen LogP contribution in [0.15, 0.2) is 35.7 Å². The molecule has 1 fully saturated rings. The SMILES string of the molecule is Cc1ccccc1-n1cnnc1SCC(=O)N(C)CC(=O)NC1CC1. The van der Waals surface area contributed by atoms with Gasteiger partial charge in [-0.25, -0.2) is 0 Å². The number of hydrogen-bond acceptors (Lipinski definition) is 5. The molecule has 132 valence electrons. The van der Waals surface area contributed by atoms with Crippen molar-refractivity contribution in [3.63, 3.8) is 0 Å². The highest BCUT2D eigenvalue weighted by Crippen LogP contribution is 2.22. The van der Waals surface area contributed by atoms with Gasteiger partial charge in [0.15, 0.2) is 5.16 Å². The van der Waals surface area contributed by atoms with Crippen molar-refractivity contribution in [2.75, 3.05) is 19.3 Å². The molecule has 2 amide bonds. The molecule has 1 aromatic carbocycles. The summed E-state index contributed by atoms with van der Waals surface area (Å²) in [6, 6.07) is 8.23. The van der Waals surface area contributed by atoms with E-state index in [0.717, 1.165) is 24.1 Å². The molecule has 25 heavy (non-hydrogen) atoms. The van der Waals surface area contributed by atoms with Gasteiger partial charge in [0, 0.05) is 13.1 Å². The van der Waals surface area contributed by atoms with Crippen LogP contribution in [0.2, 0.25) is 0 Å². The van der Waals surface area contributed by atoms with Crippen LogP contribution in [0.5, 0.6) is 0 Å². The van der Waals surface area contributed by atoms with Gasteiger partial charge < -0.3 is 10.2 Å². The lowest BCUT2D eigenvalue weighted by Gasteiger charge is -2.16. The minimum absolute atomic E-state index is 0.0837. The Kier molecular flexibility index (Phi) is 5.37. The van der Waals surface area contributed by atoms with Gasteiger partial charge in [0.1, 0.15) is 6.33 Å². The number of thioether (sulfide) groups is 1. The number of benzene rings is 1. The summed E-state index contributed by atoms with van der Waals surface area (Å²) in [7, 11) is 1.64. The number of carbonyl (C=O) groups is 2. The third-order valence-electron chi connectivity index (χ3n) is 3.97. The smallest absolute Gasteiger partial charge is 0.239 e.